The normalized spacial score (nSPS) is 35.4. The minimum absolute atomic E-state index is 0.0121. The molecule has 0 radical (unpaired) electrons. The number of halogens is 1. The zero-order chi connectivity index (χ0) is 12.5. The number of carbonyl (C=O) groups is 1. The van der Waals surface area contributed by atoms with Gasteiger partial charge in [-0.2, -0.15) is 0 Å². The number of hydrogen-bond donors (Lipinski definition) is 1. The van der Waals surface area contributed by atoms with E-state index in [0.29, 0.717) is 13.0 Å². The lowest BCUT2D eigenvalue weighted by molar-refractivity contribution is -0.141. The van der Waals surface area contributed by atoms with E-state index in [2.05, 4.69) is 0 Å². The summed E-state index contributed by atoms with van der Waals surface area (Å²) in [6.07, 6.45) is 6.22. The average Bonchev–Trinajstić information content (AvgIpc) is 3.01. The number of hydrogen-bond acceptors (Lipinski definition) is 3. The van der Waals surface area contributed by atoms with Crippen molar-refractivity contribution in [1.29, 1.82) is 0 Å². The Kier molecular flexibility index (Phi) is 3.33. The molecule has 0 heterocycles. The van der Waals surface area contributed by atoms with E-state index in [1.54, 1.807) is 6.08 Å². The molecule has 1 saturated carbocycles. The second kappa shape index (κ2) is 4.61. The van der Waals surface area contributed by atoms with E-state index in [9.17, 15) is 14.3 Å². The highest BCUT2D eigenvalue weighted by molar-refractivity contribution is 5.65. The minimum Gasteiger partial charge on any atom is -0.466 e. The smallest absolute Gasteiger partial charge is 0.302 e. The molecule has 2 aliphatic rings. The Bertz CT molecular complexity index is 375. The van der Waals surface area contributed by atoms with Crippen LogP contribution in [-0.2, 0) is 9.53 Å². The van der Waals surface area contributed by atoms with E-state index >= 15 is 0 Å². The number of allylic oxidation sites excluding steroid dienone is 4. The highest BCUT2D eigenvalue weighted by atomic mass is 19.1. The van der Waals surface area contributed by atoms with Crippen molar-refractivity contribution in [2.45, 2.75) is 19.8 Å². The molecule has 1 N–H and O–H groups in total. The minimum atomic E-state index is -0.311. The molecule has 1 fully saturated rings. The van der Waals surface area contributed by atoms with Gasteiger partial charge in [-0.15, -0.1) is 0 Å². The predicted octanol–water partition coefficient (Wildman–Crippen LogP) is 1.98. The molecule has 2 aliphatic carbocycles. The predicted molar refractivity (Wildman–Crippen MR) is 60.7 cm³/mol. The van der Waals surface area contributed by atoms with E-state index in [4.69, 9.17) is 4.74 Å². The van der Waals surface area contributed by atoms with E-state index in [-0.39, 0.29) is 35.7 Å². The van der Waals surface area contributed by atoms with Gasteiger partial charge in [-0.1, -0.05) is 12.2 Å². The summed E-state index contributed by atoms with van der Waals surface area (Å²) < 4.78 is 18.2. The lowest BCUT2D eigenvalue weighted by Crippen LogP contribution is -2.24. The van der Waals surface area contributed by atoms with Crippen LogP contribution in [0.4, 0.5) is 4.39 Å². The topological polar surface area (TPSA) is 46.5 Å². The molecule has 4 heteroatoms. The van der Waals surface area contributed by atoms with Gasteiger partial charge in [0.2, 0.25) is 0 Å². The zero-order valence-electron chi connectivity index (χ0n) is 9.86. The first-order chi connectivity index (χ1) is 8.08. The van der Waals surface area contributed by atoms with Crippen LogP contribution in [0.3, 0.4) is 0 Å². The van der Waals surface area contributed by atoms with Gasteiger partial charge in [0.25, 0.3) is 0 Å². The standard InChI is InChI=1S/C13H17FO3/c1-9(16)17-7-11-6-13(11,8-15)10-3-2-4-12(14)5-10/h2-4,10-11,15H,5-8H2,1H3/t10?,11-,13+/m0/s1. The summed E-state index contributed by atoms with van der Waals surface area (Å²) in [6, 6.07) is 0. The molecule has 0 bridgehead atoms. The van der Waals surface area contributed by atoms with Gasteiger partial charge in [-0.3, -0.25) is 4.79 Å². The molecule has 3 nitrogen and oxygen atoms in total. The van der Waals surface area contributed by atoms with Gasteiger partial charge in [-0.05, 0) is 18.4 Å². The van der Waals surface area contributed by atoms with Crippen LogP contribution in [0.2, 0.25) is 0 Å². The fourth-order valence-electron chi connectivity index (χ4n) is 2.64. The Balaban J connectivity index is 1.97. The fourth-order valence-corrected chi connectivity index (χ4v) is 2.64. The molecular weight excluding hydrogens is 223 g/mol. The Morgan fingerprint density at radius 3 is 3.06 bits per heavy atom. The third-order valence-corrected chi connectivity index (χ3v) is 3.84. The average molecular weight is 240 g/mol. The van der Waals surface area contributed by atoms with Crippen molar-refractivity contribution in [2.75, 3.05) is 13.2 Å². The molecule has 0 aromatic rings. The van der Waals surface area contributed by atoms with Crippen LogP contribution in [0.25, 0.3) is 0 Å². The quantitative estimate of drug-likeness (QED) is 0.764. The van der Waals surface area contributed by atoms with Gasteiger partial charge in [-0.25, -0.2) is 4.39 Å². The van der Waals surface area contributed by atoms with Crippen LogP contribution in [0.15, 0.2) is 24.1 Å². The molecular formula is C13H17FO3. The van der Waals surface area contributed by atoms with Crippen LogP contribution in [0.5, 0.6) is 0 Å². The van der Waals surface area contributed by atoms with E-state index in [1.165, 1.54) is 13.0 Å². The Hall–Kier alpha value is -1.16. The van der Waals surface area contributed by atoms with Crippen molar-refractivity contribution >= 4 is 5.97 Å². The van der Waals surface area contributed by atoms with Gasteiger partial charge in [0.1, 0.15) is 5.83 Å². The SMILES string of the molecule is CC(=O)OC[C@@H]1C[C@@]1(CO)C1C=CC=C(F)C1. The Labute approximate surface area is 100.0 Å². The van der Waals surface area contributed by atoms with Crippen molar-refractivity contribution in [3.8, 4) is 0 Å². The number of aliphatic hydroxyl groups excluding tert-OH is 1. The summed E-state index contributed by atoms with van der Waals surface area (Å²) in [5.74, 6) is -0.299. The number of ether oxygens (including phenoxy) is 1. The molecule has 0 aromatic carbocycles. The molecule has 94 valence electrons. The van der Waals surface area contributed by atoms with Gasteiger partial charge in [0.05, 0.1) is 6.61 Å². The first-order valence-electron chi connectivity index (χ1n) is 5.85. The van der Waals surface area contributed by atoms with Crippen LogP contribution < -0.4 is 0 Å². The Morgan fingerprint density at radius 1 is 1.71 bits per heavy atom. The van der Waals surface area contributed by atoms with Crippen molar-refractivity contribution in [2.24, 2.45) is 17.3 Å². The second-order valence-corrected chi connectivity index (χ2v) is 4.90. The lowest BCUT2D eigenvalue weighted by atomic mass is 9.82. The van der Waals surface area contributed by atoms with E-state index in [0.717, 1.165) is 6.42 Å². The molecule has 0 amide bonds. The summed E-state index contributed by atoms with van der Waals surface area (Å²) in [6.45, 7) is 1.71. The summed E-state index contributed by atoms with van der Waals surface area (Å²) in [5, 5.41) is 9.51. The van der Waals surface area contributed by atoms with E-state index < -0.39 is 0 Å². The summed E-state index contributed by atoms with van der Waals surface area (Å²) in [7, 11) is 0. The van der Waals surface area contributed by atoms with Crippen LogP contribution in [0.1, 0.15) is 19.8 Å². The number of rotatable bonds is 4. The maximum atomic E-state index is 13.2. The maximum Gasteiger partial charge on any atom is 0.302 e. The largest absolute Gasteiger partial charge is 0.466 e. The zero-order valence-corrected chi connectivity index (χ0v) is 9.86. The highest BCUT2D eigenvalue weighted by Crippen LogP contribution is 2.60. The lowest BCUT2D eigenvalue weighted by Gasteiger charge is -2.25. The molecule has 17 heavy (non-hydrogen) atoms. The van der Waals surface area contributed by atoms with Crippen molar-refractivity contribution in [3.63, 3.8) is 0 Å². The first-order valence-corrected chi connectivity index (χ1v) is 5.85. The summed E-state index contributed by atoms with van der Waals surface area (Å²) in [4.78, 5) is 10.7. The molecule has 2 rings (SSSR count). The number of esters is 1. The monoisotopic (exact) mass is 240 g/mol. The number of aliphatic hydroxyl groups is 1. The molecule has 0 aliphatic heterocycles. The van der Waals surface area contributed by atoms with Gasteiger partial charge < -0.3 is 9.84 Å². The third-order valence-electron chi connectivity index (χ3n) is 3.84. The first kappa shape index (κ1) is 12.3. The van der Waals surface area contributed by atoms with E-state index in [1.807, 2.05) is 6.08 Å². The fraction of sp³-hybridized carbons (Fsp3) is 0.615. The van der Waals surface area contributed by atoms with Gasteiger partial charge in [0, 0.05) is 31.3 Å². The number of carbonyl (C=O) groups excluding carboxylic acids is 1. The van der Waals surface area contributed by atoms with Crippen molar-refractivity contribution in [1.82, 2.24) is 0 Å². The highest BCUT2D eigenvalue weighted by Gasteiger charge is 2.58. The third kappa shape index (κ3) is 2.41. The molecule has 0 saturated heterocycles. The van der Waals surface area contributed by atoms with Crippen molar-refractivity contribution < 1.29 is 19.0 Å². The summed E-state index contributed by atoms with van der Waals surface area (Å²) in [5.41, 5.74) is -0.294. The summed E-state index contributed by atoms with van der Waals surface area (Å²) >= 11 is 0. The molecule has 3 atom stereocenters. The Morgan fingerprint density at radius 2 is 2.47 bits per heavy atom. The van der Waals surface area contributed by atoms with Crippen molar-refractivity contribution in [3.05, 3.63) is 24.1 Å². The van der Waals surface area contributed by atoms with Gasteiger partial charge >= 0.3 is 5.97 Å². The van der Waals surface area contributed by atoms with Gasteiger partial charge in [0.15, 0.2) is 0 Å². The molecule has 0 aromatic heterocycles. The molecule has 1 unspecified atom stereocenters. The van der Waals surface area contributed by atoms with Crippen LogP contribution in [0, 0.1) is 17.3 Å². The molecule has 0 spiro atoms. The van der Waals surface area contributed by atoms with Crippen LogP contribution in [-0.4, -0.2) is 24.3 Å². The maximum absolute atomic E-state index is 13.2. The second-order valence-electron chi connectivity index (χ2n) is 4.90. The van der Waals surface area contributed by atoms with Crippen LogP contribution >= 0.6 is 0 Å².